The van der Waals surface area contributed by atoms with E-state index in [1.54, 1.807) is 17.7 Å². The third kappa shape index (κ3) is 3.94. The fourth-order valence-electron chi connectivity index (χ4n) is 5.70. The quantitative estimate of drug-likeness (QED) is 0.703. The molecule has 1 saturated heterocycles. The van der Waals surface area contributed by atoms with Crippen LogP contribution in [0.5, 0.6) is 0 Å². The number of rotatable bonds is 4. The van der Waals surface area contributed by atoms with E-state index in [-0.39, 0.29) is 5.56 Å². The van der Waals surface area contributed by atoms with Gasteiger partial charge in [0, 0.05) is 43.6 Å². The zero-order chi connectivity index (χ0) is 20.5. The van der Waals surface area contributed by atoms with E-state index in [0.29, 0.717) is 12.0 Å². The van der Waals surface area contributed by atoms with Crippen LogP contribution in [0.3, 0.4) is 0 Å². The summed E-state index contributed by atoms with van der Waals surface area (Å²) >= 11 is 1.73. The fraction of sp³-hybridized carbons (Fsp3) is 0.696. The van der Waals surface area contributed by atoms with Crippen molar-refractivity contribution in [3.05, 3.63) is 27.1 Å². The van der Waals surface area contributed by atoms with Gasteiger partial charge in [-0.1, -0.05) is 19.3 Å². The molecule has 1 atom stereocenters. The first-order valence-electron chi connectivity index (χ1n) is 11.7. The highest BCUT2D eigenvalue weighted by atomic mass is 32.1. The van der Waals surface area contributed by atoms with Crippen LogP contribution in [-0.2, 0) is 24.2 Å². The predicted octanol–water partition coefficient (Wildman–Crippen LogP) is 3.06. The van der Waals surface area contributed by atoms with Gasteiger partial charge in [0.05, 0.1) is 11.7 Å². The van der Waals surface area contributed by atoms with Crippen LogP contribution < -0.4 is 5.56 Å². The van der Waals surface area contributed by atoms with Crippen molar-refractivity contribution >= 4 is 28.0 Å². The fourth-order valence-corrected chi connectivity index (χ4v) is 6.95. The molecule has 0 bridgehead atoms. The Labute approximate surface area is 181 Å². The van der Waals surface area contributed by atoms with Crippen molar-refractivity contribution in [2.75, 3.05) is 26.2 Å². The van der Waals surface area contributed by atoms with E-state index in [2.05, 4.69) is 4.90 Å². The van der Waals surface area contributed by atoms with E-state index < -0.39 is 0 Å². The Bertz CT molecular complexity index is 962. The number of carbonyl (C=O) groups is 1. The molecule has 3 aliphatic rings. The number of amides is 1. The van der Waals surface area contributed by atoms with Crippen LogP contribution in [-0.4, -0.2) is 58.0 Å². The van der Waals surface area contributed by atoms with Crippen molar-refractivity contribution in [2.24, 2.45) is 5.92 Å². The second-order valence-electron chi connectivity index (χ2n) is 9.32. The van der Waals surface area contributed by atoms with Gasteiger partial charge in [-0.15, -0.1) is 11.3 Å². The minimum Gasteiger partial charge on any atom is -0.344 e. The Hall–Kier alpha value is -1.73. The molecule has 30 heavy (non-hydrogen) atoms. The van der Waals surface area contributed by atoms with Gasteiger partial charge in [-0.05, 0) is 50.0 Å². The van der Waals surface area contributed by atoms with E-state index in [9.17, 15) is 9.59 Å². The van der Waals surface area contributed by atoms with Gasteiger partial charge in [0.1, 0.15) is 4.83 Å². The van der Waals surface area contributed by atoms with Crippen LogP contribution in [0.4, 0.5) is 0 Å². The first-order chi connectivity index (χ1) is 14.7. The third-order valence-corrected chi connectivity index (χ3v) is 8.58. The number of thiophene rings is 1. The number of fused-ring (bicyclic) bond motifs is 3. The topological polar surface area (TPSA) is 58.4 Å². The molecule has 5 rings (SSSR count). The molecule has 0 spiro atoms. The lowest BCUT2D eigenvalue weighted by Gasteiger charge is -2.33. The molecule has 1 aliphatic heterocycles. The van der Waals surface area contributed by atoms with E-state index in [4.69, 9.17) is 4.98 Å². The molecule has 2 aromatic rings. The highest BCUT2D eigenvalue weighted by Gasteiger charge is 2.29. The van der Waals surface area contributed by atoms with Crippen LogP contribution in [0.2, 0.25) is 0 Å². The molecule has 2 fully saturated rings. The van der Waals surface area contributed by atoms with E-state index in [1.807, 2.05) is 9.47 Å². The molecule has 6 nitrogen and oxygen atoms in total. The third-order valence-electron chi connectivity index (χ3n) is 7.42. The lowest BCUT2D eigenvalue weighted by atomic mass is 9.89. The minimum absolute atomic E-state index is 0.179. The molecular formula is C23H32N4O2S. The van der Waals surface area contributed by atoms with Gasteiger partial charge in [0.2, 0.25) is 6.41 Å². The second-order valence-corrected chi connectivity index (χ2v) is 10.4. The Kier molecular flexibility index (Phi) is 5.92. The molecule has 2 aliphatic carbocycles. The van der Waals surface area contributed by atoms with Gasteiger partial charge in [0.25, 0.3) is 5.56 Å². The number of aromatic nitrogens is 2. The normalized spacial score (nSPS) is 24.0. The number of hydrogen-bond acceptors (Lipinski definition) is 5. The molecule has 0 N–H and O–H groups in total. The van der Waals surface area contributed by atoms with Crippen molar-refractivity contribution < 1.29 is 4.79 Å². The summed E-state index contributed by atoms with van der Waals surface area (Å²) in [5.41, 5.74) is 1.45. The van der Waals surface area contributed by atoms with E-state index in [1.165, 1.54) is 42.5 Å². The Morgan fingerprint density at radius 1 is 1.07 bits per heavy atom. The summed E-state index contributed by atoms with van der Waals surface area (Å²) in [5, 5.41) is 0.898. The highest BCUT2D eigenvalue weighted by Crippen LogP contribution is 2.35. The average molecular weight is 429 g/mol. The molecule has 2 aromatic heterocycles. The Morgan fingerprint density at radius 3 is 2.77 bits per heavy atom. The maximum Gasteiger partial charge on any atom is 0.262 e. The zero-order valence-electron chi connectivity index (χ0n) is 17.7. The number of carbonyl (C=O) groups excluding carboxylic acids is 1. The first-order valence-corrected chi connectivity index (χ1v) is 12.5. The smallest absolute Gasteiger partial charge is 0.262 e. The van der Waals surface area contributed by atoms with E-state index >= 15 is 0 Å². The van der Waals surface area contributed by atoms with Crippen molar-refractivity contribution in [1.29, 1.82) is 0 Å². The summed E-state index contributed by atoms with van der Waals surface area (Å²) in [6.07, 6.45) is 13.3. The maximum atomic E-state index is 13.3. The zero-order valence-corrected chi connectivity index (χ0v) is 18.5. The molecule has 0 aromatic carbocycles. The van der Waals surface area contributed by atoms with Crippen molar-refractivity contribution in [1.82, 2.24) is 19.4 Å². The largest absolute Gasteiger partial charge is 0.344 e. The Morgan fingerprint density at radius 2 is 1.93 bits per heavy atom. The van der Waals surface area contributed by atoms with Gasteiger partial charge in [-0.3, -0.25) is 19.1 Å². The van der Waals surface area contributed by atoms with Gasteiger partial charge >= 0.3 is 0 Å². The van der Waals surface area contributed by atoms with Crippen LogP contribution in [0.1, 0.15) is 55.4 Å². The number of nitrogens with zero attached hydrogens (tertiary/aromatic N) is 4. The van der Waals surface area contributed by atoms with Gasteiger partial charge < -0.3 is 4.90 Å². The molecular weight excluding hydrogens is 396 g/mol. The SMILES string of the molecule is O=CN1CCCN(C2CCc3c(sc4ncn(CC5CCCCC5)c(=O)c34)C2)CC1. The molecule has 1 unspecified atom stereocenters. The van der Waals surface area contributed by atoms with Crippen molar-refractivity contribution in [3.63, 3.8) is 0 Å². The molecule has 0 radical (unpaired) electrons. The monoisotopic (exact) mass is 428 g/mol. The molecule has 1 saturated carbocycles. The summed E-state index contributed by atoms with van der Waals surface area (Å²) < 4.78 is 1.89. The standard InChI is InChI=1S/C23H32N4O2S/c28-16-25-9-4-10-26(12-11-25)18-7-8-19-20(13-18)30-22-21(19)23(29)27(15-24-22)14-17-5-2-1-3-6-17/h15-18H,1-14H2. The Balaban J connectivity index is 1.36. The summed E-state index contributed by atoms with van der Waals surface area (Å²) in [5.74, 6) is 0.628. The number of hydrogen-bond donors (Lipinski definition) is 0. The summed E-state index contributed by atoms with van der Waals surface area (Å²) in [6, 6.07) is 0.515. The molecule has 7 heteroatoms. The predicted molar refractivity (Wildman–Crippen MR) is 120 cm³/mol. The summed E-state index contributed by atoms with van der Waals surface area (Å²) in [4.78, 5) is 35.9. The van der Waals surface area contributed by atoms with Gasteiger partial charge in [0.15, 0.2) is 0 Å². The van der Waals surface area contributed by atoms with Crippen LogP contribution in [0.25, 0.3) is 10.2 Å². The lowest BCUT2D eigenvalue weighted by Crippen LogP contribution is -2.41. The number of aryl methyl sites for hydroxylation is 1. The second kappa shape index (κ2) is 8.79. The van der Waals surface area contributed by atoms with Gasteiger partial charge in [-0.2, -0.15) is 0 Å². The van der Waals surface area contributed by atoms with Crippen LogP contribution in [0, 0.1) is 5.92 Å². The maximum absolute atomic E-state index is 13.3. The molecule has 162 valence electrons. The molecule has 1 amide bonds. The molecule has 3 heterocycles. The van der Waals surface area contributed by atoms with Crippen LogP contribution >= 0.6 is 11.3 Å². The van der Waals surface area contributed by atoms with Crippen molar-refractivity contribution in [2.45, 2.75) is 70.4 Å². The lowest BCUT2D eigenvalue weighted by molar-refractivity contribution is -0.118. The van der Waals surface area contributed by atoms with Gasteiger partial charge in [-0.25, -0.2) is 4.98 Å². The average Bonchev–Trinajstić information content (AvgIpc) is 2.98. The highest BCUT2D eigenvalue weighted by molar-refractivity contribution is 7.18. The first kappa shape index (κ1) is 20.2. The van der Waals surface area contributed by atoms with Crippen LogP contribution in [0.15, 0.2) is 11.1 Å². The summed E-state index contributed by atoms with van der Waals surface area (Å²) in [7, 11) is 0. The minimum atomic E-state index is 0.179. The summed E-state index contributed by atoms with van der Waals surface area (Å²) in [6.45, 7) is 4.53. The van der Waals surface area contributed by atoms with Crippen molar-refractivity contribution in [3.8, 4) is 0 Å². The van der Waals surface area contributed by atoms with E-state index in [0.717, 1.165) is 75.0 Å².